The van der Waals surface area contributed by atoms with Gasteiger partial charge in [-0.15, -0.1) is 23.5 Å². The average Bonchev–Trinajstić information content (AvgIpc) is 3.09. The molecule has 0 aliphatic carbocycles. The number of thioether (sulfide) groups is 2. The van der Waals surface area contributed by atoms with Crippen LogP contribution in [-0.2, 0) is 21.9 Å². The predicted molar refractivity (Wildman–Crippen MR) is 123 cm³/mol. The van der Waals surface area contributed by atoms with Gasteiger partial charge >= 0.3 is 18.3 Å². The molecule has 1 aliphatic rings. The Labute approximate surface area is 207 Å². The van der Waals surface area contributed by atoms with Crippen LogP contribution in [0.3, 0.4) is 0 Å². The van der Waals surface area contributed by atoms with E-state index in [9.17, 15) is 31.1 Å². The molecule has 2 aromatic carbocycles. The van der Waals surface area contributed by atoms with Crippen LogP contribution in [0.5, 0.6) is 5.75 Å². The summed E-state index contributed by atoms with van der Waals surface area (Å²) in [5, 5.41) is 0.110. The third-order valence-electron chi connectivity index (χ3n) is 5.48. The minimum absolute atomic E-state index is 0.0925. The Hall–Kier alpha value is -2.01. The number of carbonyl (C=O) groups excluding carboxylic acids is 1. The molecular formula is C24H24F6O3S2. The summed E-state index contributed by atoms with van der Waals surface area (Å²) in [6, 6.07) is 7.51. The molecule has 0 N–H and O–H groups in total. The van der Waals surface area contributed by atoms with Crippen molar-refractivity contribution in [3.8, 4) is 5.75 Å². The summed E-state index contributed by atoms with van der Waals surface area (Å²) in [5.41, 5.74) is -0.737. The van der Waals surface area contributed by atoms with Gasteiger partial charge in [0.15, 0.2) is 6.61 Å². The summed E-state index contributed by atoms with van der Waals surface area (Å²) in [7, 11) is 0. The second-order valence-electron chi connectivity index (χ2n) is 7.94. The van der Waals surface area contributed by atoms with Crippen molar-refractivity contribution in [1.29, 1.82) is 0 Å². The van der Waals surface area contributed by atoms with E-state index in [1.807, 2.05) is 6.92 Å². The number of hydrogen-bond acceptors (Lipinski definition) is 5. The van der Waals surface area contributed by atoms with Crippen molar-refractivity contribution >= 4 is 29.5 Å². The van der Waals surface area contributed by atoms with Gasteiger partial charge in [-0.05, 0) is 67.3 Å². The number of halogens is 6. The Kier molecular flexibility index (Phi) is 8.96. The molecular weight excluding hydrogens is 514 g/mol. The van der Waals surface area contributed by atoms with Crippen LogP contribution in [0.2, 0.25) is 0 Å². The molecule has 192 valence electrons. The molecule has 1 aliphatic heterocycles. The molecule has 2 unspecified atom stereocenters. The Morgan fingerprint density at radius 1 is 1.06 bits per heavy atom. The lowest BCUT2D eigenvalue weighted by molar-refractivity contribution is -0.147. The van der Waals surface area contributed by atoms with Gasteiger partial charge in [0.05, 0.1) is 17.7 Å². The highest BCUT2D eigenvalue weighted by Crippen LogP contribution is 2.49. The Morgan fingerprint density at radius 3 is 2.46 bits per heavy atom. The zero-order valence-corrected chi connectivity index (χ0v) is 20.6. The maximum absolute atomic E-state index is 13.5. The fraction of sp³-hybridized carbons (Fsp3) is 0.458. The maximum atomic E-state index is 13.5. The lowest BCUT2D eigenvalue weighted by Gasteiger charge is -2.16. The van der Waals surface area contributed by atoms with Gasteiger partial charge in [0.1, 0.15) is 5.75 Å². The molecule has 0 saturated carbocycles. The summed E-state index contributed by atoms with van der Waals surface area (Å²) in [4.78, 5) is 12.4. The van der Waals surface area contributed by atoms with E-state index in [2.05, 4.69) is 4.74 Å². The molecule has 0 spiro atoms. The molecule has 2 aromatic rings. The third kappa shape index (κ3) is 7.25. The SMILES string of the molecule is CCOC(=O)COc1ccc(SCCCC2Sc3cc(C(F)(F)F)ccc3C2C)cc1C(F)(F)F. The molecule has 0 fully saturated rings. The summed E-state index contributed by atoms with van der Waals surface area (Å²) < 4.78 is 89.1. The van der Waals surface area contributed by atoms with Crippen LogP contribution >= 0.6 is 23.5 Å². The average molecular weight is 539 g/mol. The highest BCUT2D eigenvalue weighted by atomic mass is 32.2. The molecule has 0 amide bonds. The molecule has 3 rings (SSSR count). The Morgan fingerprint density at radius 2 is 1.80 bits per heavy atom. The van der Waals surface area contributed by atoms with Crippen LogP contribution in [0, 0.1) is 0 Å². The standard InChI is InChI=1S/C24H24F6O3S2/c1-3-32-22(31)13-33-19-9-7-16(12-18(19)24(28,29)30)34-10-4-5-20-14(2)17-8-6-15(23(25,26)27)11-21(17)35-20/h6-9,11-12,14,20H,3-5,10,13H2,1-2H3. The number of alkyl halides is 6. The first kappa shape index (κ1) is 27.6. The Bertz CT molecular complexity index is 1040. The predicted octanol–water partition coefficient (Wildman–Crippen LogP) is 7.82. The van der Waals surface area contributed by atoms with Crippen LogP contribution in [0.4, 0.5) is 26.3 Å². The second kappa shape index (κ2) is 11.4. The van der Waals surface area contributed by atoms with Gasteiger partial charge < -0.3 is 9.47 Å². The first-order chi connectivity index (χ1) is 16.4. The van der Waals surface area contributed by atoms with E-state index >= 15 is 0 Å². The van der Waals surface area contributed by atoms with E-state index in [0.717, 1.165) is 24.1 Å². The van der Waals surface area contributed by atoms with E-state index < -0.39 is 41.8 Å². The zero-order chi connectivity index (χ0) is 25.8. The highest BCUT2D eigenvalue weighted by Gasteiger charge is 2.36. The van der Waals surface area contributed by atoms with Crippen molar-refractivity contribution in [3.63, 3.8) is 0 Å². The summed E-state index contributed by atoms with van der Waals surface area (Å²) >= 11 is 2.69. The van der Waals surface area contributed by atoms with Crippen molar-refractivity contribution < 1.29 is 40.6 Å². The van der Waals surface area contributed by atoms with Gasteiger partial charge in [-0.3, -0.25) is 0 Å². The van der Waals surface area contributed by atoms with Gasteiger partial charge in [0.2, 0.25) is 0 Å². The van der Waals surface area contributed by atoms with Gasteiger partial charge in [0, 0.05) is 15.0 Å². The van der Waals surface area contributed by atoms with E-state index in [-0.39, 0.29) is 17.8 Å². The second-order valence-corrected chi connectivity index (χ2v) is 10.4. The van der Waals surface area contributed by atoms with Gasteiger partial charge in [-0.25, -0.2) is 4.79 Å². The van der Waals surface area contributed by atoms with Crippen LogP contribution in [0.25, 0.3) is 0 Å². The normalized spacial score (nSPS) is 17.8. The minimum atomic E-state index is -4.66. The van der Waals surface area contributed by atoms with Crippen LogP contribution in [0.15, 0.2) is 46.2 Å². The first-order valence-corrected chi connectivity index (χ1v) is 12.8. The van der Waals surface area contributed by atoms with Crippen LogP contribution < -0.4 is 4.74 Å². The number of ether oxygens (including phenoxy) is 2. The van der Waals surface area contributed by atoms with Crippen LogP contribution in [0.1, 0.15) is 49.3 Å². The quantitative estimate of drug-likeness (QED) is 0.141. The van der Waals surface area contributed by atoms with Crippen molar-refractivity contribution in [2.45, 2.75) is 60.0 Å². The number of benzene rings is 2. The zero-order valence-electron chi connectivity index (χ0n) is 19.0. The molecule has 0 aromatic heterocycles. The molecule has 0 saturated heterocycles. The lowest BCUT2D eigenvalue weighted by Crippen LogP contribution is -2.17. The molecule has 11 heteroatoms. The largest absolute Gasteiger partial charge is 0.481 e. The summed E-state index contributed by atoms with van der Waals surface area (Å²) in [6.07, 6.45) is -7.63. The molecule has 1 heterocycles. The molecule has 0 bridgehead atoms. The molecule has 2 atom stereocenters. The molecule has 3 nitrogen and oxygen atoms in total. The number of esters is 1. The van der Waals surface area contributed by atoms with E-state index in [1.165, 1.54) is 47.8 Å². The van der Waals surface area contributed by atoms with E-state index in [0.29, 0.717) is 22.0 Å². The number of rotatable bonds is 9. The van der Waals surface area contributed by atoms with Crippen molar-refractivity contribution in [2.75, 3.05) is 19.0 Å². The number of hydrogen-bond donors (Lipinski definition) is 0. The van der Waals surface area contributed by atoms with Crippen molar-refractivity contribution in [3.05, 3.63) is 53.1 Å². The van der Waals surface area contributed by atoms with Gasteiger partial charge in [-0.1, -0.05) is 13.0 Å². The van der Waals surface area contributed by atoms with Crippen molar-refractivity contribution in [1.82, 2.24) is 0 Å². The monoisotopic (exact) mass is 538 g/mol. The lowest BCUT2D eigenvalue weighted by atomic mass is 9.95. The number of carbonyl (C=O) groups is 1. The topological polar surface area (TPSA) is 35.5 Å². The summed E-state index contributed by atoms with van der Waals surface area (Å²) in [6.45, 7) is 3.05. The van der Waals surface area contributed by atoms with E-state index in [4.69, 9.17) is 4.74 Å². The first-order valence-electron chi connectivity index (χ1n) is 10.9. The maximum Gasteiger partial charge on any atom is 0.420 e. The van der Waals surface area contributed by atoms with Gasteiger partial charge in [-0.2, -0.15) is 26.3 Å². The van der Waals surface area contributed by atoms with Gasteiger partial charge in [0.25, 0.3) is 0 Å². The highest BCUT2D eigenvalue weighted by molar-refractivity contribution is 8.00. The molecule has 0 radical (unpaired) electrons. The smallest absolute Gasteiger partial charge is 0.420 e. The van der Waals surface area contributed by atoms with Crippen molar-refractivity contribution in [2.24, 2.45) is 0 Å². The third-order valence-corrected chi connectivity index (χ3v) is 8.11. The fourth-order valence-electron chi connectivity index (χ4n) is 3.72. The fourth-order valence-corrected chi connectivity index (χ4v) is 6.18. The van der Waals surface area contributed by atoms with E-state index in [1.54, 1.807) is 6.92 Å². The summed E-state index contributed by atoms with van der Waals surface area (Å²) in [5.74, 6) is -0.555. The Balaban J connectivity index is 1.56. The number of fused-ring (bicyclic) bond motifs is 1. The minimum Gasteiger partial charge on any atom is -0.481 e. The van der Waals surface area contributed by atoms with Crippen LogP contribution in [-0.4, -0.2) is 30.2 Å². The molecule has 35 heavy (non-hydrogen) atoms.